The van der Waals surface area contributed by atoms with Gasteiger partial charge in [-0.05, 0) is 43.7 Å². The number of para-hydroxylation sites is 1. The molecule has 0 amide bonds. The molecule has 4 rings (SSSR count). The summed E-state index contributed by atoms with van der Waals surface area (Å²) >= 11 is 1.34. The van der Waals surface area contributed by atoms with E-state index >= 15 is 0 Å². The van der Waals surface area contributed by atoms with E-state index in [4.69, 9.17) is 9.47 Å². The number of methoxy groups -OCH3 is 2. The second kappa shape index (κ2) is 10.2. The monoisotopic (exact) mass is 507 g/mol. The van der Waals surface area contributed by atoms with Crippen molar-refractivity contribution in [3.8, 4) is 22.8 Å². The highest BCUT2D eigenvalue weighted by atomic mass is 32.1. The summed E-state index contributed by atoms with van der Waals surface area (Å²) in [7, 11) is 2.60. The normalized spacial score (nSPS) is 17.4. The van der Waals surface area contributed by atoms with Crippen LogP contribution in [-0.4, -0.2) is 47.1 Å². The lowest BCUT2D eigenvalue weighted by Crippen LogP contribution is -2.36. The van der Waals surface area contributed by atoms with E-state index in [-0.39, 0.29) is 17.1 Å². The van der Waals surface area contributed by atoms with Gasteiger partial charge in [0.05, 0.1) is 25.5 Å². The molecule has 186 valence electrons. The summed E-state index contributed by atoms with van der Waals surface area (Å²) in [5.74, 6) is -3.03. The molecule has 0 spiro atoms. The predicted molar refractivity (Wildman–Crippen MR) is 137 cm³/mol. The smallest absolute Gasteiger partial charge is 0.336 e. The van der Waals surface area contributed by atoms with Crippen molar-refractivity contribution in [3.05, 3.63) is 64.7 Å². The van der Waals surface area contributed by atoms with Crippen LogP contribution in [0, 0.1) is 5.92 Å². The number of aromatic nitrogens is 1. The van der Waals surface area contributed by atoms with Gasteiger partial charge in [-0.2, -0.15) is 0 Å². The van der Waals surface area contributed by atoms with E-state index < -0.39 is 23.8 Å². The Balaban J connectivity index is 1.76. The molecule has 1 aromatic heterocycles. The zero-order valence-electron chi connectivity index (χ0n) is 20.1. The van der Waals surface area contributed by atoms with E-state index in [1.807, 2.05) is 29.6 Å². The van der Waals surface area contributed by atoms with E-state index in [1.54, 1.807) is 19.9 Å². The van der Waals surface area contributed by atoms with Crippen LogP contribution in [0.3, 0.4) is 0 Å². The van der Waals surface area contributed by atoms with Crippen molar-refractivity contribution in [2.45, 2.75) is 19.8 Å². The maximum Gasteiger partial charge on any atom is 0.336 e. The number of rotatable bonds is 6. The van der Waals surface area contributed by atoms with Gasteiger partial charge in [-0.15, -0.1) is 11.3 Å². The maximum atomic E-state index is 12.9. The molecule has 1 aliphatic heterocycles. The summed E-state index contributed by atoms with van der Waals surface area (Å²) in [5, 5.41) is 25.1. The fourth-order valence-electron chi connectivity index (χ4n) is 4.32. The van der Waals surface area contributed by atoms with Gasteiger partial charge in [0.2, 0.25) is 0 Å². The lowest BCUT2D eigenvalue weighted by molar-refractivity contribution is -0.143. The highest BCUT2D eigenvalue weighted by Crippen LogP contribution is 2.43. The Morgan fingerprint density at radius 3 is 2.47 bits per heavy atom. The van der Waals surface area contributed by atoms with E-state index in [0.29, 0.717) is 39.0 Å². The van der Waals surface area contributed by atoms with Crippen LogP contribution < -0.4 is 5.32 Å². The van der Waals surface area contributed by atoms with E-state index in [1.165, 1.54) is 37.7 Å². The number of phenols is 2. The molecule has 0 radical (unpaired) electrons. The van der Waals surface area contributed by atoms with Gasteiger partial charge < -0.3 is 25.0 Å². The molecular weight excluding hydrogens is 482 g/mol. The van der Waals surface area contributed by atoms with Gasteiger partial charge >= 0.3 is 11.9 Å². The van der Waals surface area contributed by atoms with Crippen molar-refractivity contribution in [1.29, 1.82) is 0 Å². The molecule has 2 aromatic carbocycles. The van der Waals surface area contributed by atoms with Crippen molar-refractivity contribution in [2.24, 2.45) is 10.9 Å². The van der Waals surface area contributed by atoms with E-state index in [0.717, 1.165) is 0 Å². The Bertz CT molecular complexity index is 1390. The first-order chi connectivity index (χ1) is 17.2. The minimum absolute atomic E-state index is 0.211. The first-order valence-corrected chi connectivity index (χ1v) is 11.9. The van der Waals surface area contributed by atoms with Gasteiger partial charge in [0.25, 0.3) is 0 Å². The number of hydrogen-bond acceptors (Lipinski definition) is 10. The Kier molecular flexibility index (Phi) is 7.07. The average Bonchev–Trinajstić information content (AvgIpc) is 3.33. The summed E-state index contributed by atoms with van der Waals surface area (Å²) < 4.78 is 10.1. The zero-order chi connectivity index (χ0) is 26.0. The minimum Gasteiger partial charge on any atom is -0.504 e. The first kappa shape index (κ1) is 24.9. The van der Waals surface area contributed by atoms with Gasteiger partial charge in [-0.1, -0.05) is 18.2 Å². The van der Waals surface area contributed by atoms with Gasteiger partial charge in [0, 0.05) is 34.0 Å². The highest BCUT2D eigenvalue weighted by Gasteiger charge is 2.43. The molecule has 2 heterocycles. The number of benzene rings is 2. The molecule has 0 saturated heterocycles. The predicted octanol–water partition coefficient (Wildman–Crippen LogP) is 4.76. The lowest BCUT2D eigenvalue weighted by atomic mass is 9.75. The van der Waals surface area contributed by atoms with E-state index in [2.05, 4.69) is 15.3 Å². The number of allylic oxidation sites excluding steroid dienone is 1. The number of hydrogen-bond donors (Lipinski definition) is 3. The third-order valence-electron chi connectivity index (χ3n) is 6.00. The fourth-order valence-corrected chi connectivity index (χ4v) is 5.06. The van der Waals surface area contributed by atoms with Crippen molar-refractivity contribution < 1.29 is 29.3 Å². The van der Waals surface area contributed by atoms with Crippen LogP contribution in [-0.2, 0) is 19.1 Å². The van der Waals surface area contributed by atoms with Crippen LogP contribution in [0.2, 0.25) is 0 Å². The Hall–Kier alpha value is -4.18. The summed E-state index contributed by atoms with van der Waals surface area (Å²) in [5.41, 5.74) is 3.87. The van der Waals surface area contributed by atoms with Crippen molar-refractivity contribution in [1.82, 2.24) is 4.98 Å². The third kappa shape index (κ3) is 4.67. The van der Waals surface area contributed by atoms with Crippen LogP contribution in [0.25, 0.3) is 11.3 Å². The Morgan fingerprint density at radius 1 is 1.03 bits per heavy atom. The molecule has 9 nitrogen and oxygen atoms in total. The van der Waals surface area contributed by atoms with Crippen molar-refractivity contribution in [3.63, 3.8) is 0 Å². The van der Waals surface area contributed by atoms with Crippen LogP contribution in [0.15, 0.2) is 64.1 Å². The topological polar surface area (TPSA) is 130 Å². The third-order valence-corrected chi connectivity index (χ3v) is 6.76. The van der Waals surface area contributed by atoms with Gasteiger partial charge in [0.1, 0.15) is 5.92 Å². The quantitative estimate of drug-likeness (QED) is 0.322. The highest BCUT2D eigenvalue weighted by molar-refractivity contribution is 7.14. The zero-order valence-corrected chi connectivity index (χ0v) is 20.9. The van der Waals surface area contributed by atoms with Gasteiger partial charge in [-0.3, -0.25) is 9.79 Å². The number of carbonyl (C=O) groups is 2. The summed E-state index contributed by atoms with van der Waals surface area (Å²) in [6.45, 7) is 3.45. The first-order valence-electron chi connectivity index (χ1n) is 11.0. The molecule has 2 unspecified atom stereocenters. The van der Waals surface area contributed by atoms with E-state index in [9.17, 15) is 19.8 Å². The second-order valence-electron chi connectivity index (χ2n) is 8.18. The molecular formula is C26H25N3O6S. The SMILES string of the molecule is COC(=O)C1=C(C)N=C(C)C(C(=O)OC)C1c1ccccc1Nc1nc(-c2ccc(O)c(O)c2)cs1. The summed E-state index contributed by atoms with van der Waals surface area (Å²) in [6.07, 6.45) is 0. The number of anilines is 2. The number of nitrogens with zero attached hydrogens (tertiary/aromatic N) is 2. The number of nitrogens with one attached hydrogen (secondary N) is 1. The number of phenolic OH excluding ortho intramolecular Hbond substituents is 2. The van der Waals surface area contributed by atoms with Crippen LogP contribution in [0.5, 0.6) is 11.5 Å². The molecule has 0 bridgehead atoms. The number of esters is 2. The summed E-state index contributed by atoms with van der Waals surface area (Å²) in [6, 6.07) is 11.8. The standard InChI is InChI=1S/C26H25N3O6S/c1-13-21(24(32)34-3)23(22(14(2)27-13)25(33)35-4)16-7-5-6-8-17(16)28-26-29-18(12-36-26)15-9-10-19(30)20(31)11-15/h5-12,21,23,30-31H,1-4H3,(H,28,29). The molecule has 0 fully saturated rings. The minimum atomic E-state index is -0.817. The maximum absolute atomic E-state index is 12.9. The molecule has 0 aliphatic carbocycles. The lowest BCUT2D eigenvalue weighted by Gasteiger charge is -2.32. The van der Waals surface area contributed by atoms with Crippen molar-refractivity contribution in [2.75, 3.05) is 19.5 Å². The molecule has 3 N–H and O–H groups in total. The van der Waals surface area contributed by atoms with Gasteiger partial charge in [0.15, 0.2) is 16.6 Å². The molecule has 10 heteroatoms. The fraction of sp³-hybridized carbons (Fsp3) is 0.231. The Labute approximate surface area is 211 Å². The number of aliphatic imine (C=N–C) groups is 1. The molecule has 2 atom stereocenters. The molecule has 36 heavy (non-hydrogen) atoms. The molecule has 1 aliphatic rings. The molecule has 0 saturated carbocycles. The Morgan fingerprint density at radius 2 is 1.78 bits per heavy atom. The summed E-state index contributed by atoms with van der Waals surface area (Å²) in [4.78, 5) is 34.7. The second-order valence-corrected chi connectivity index (χ2v) is 9.03. The number of carbonyl (C=O) groups excluding carboxylic acids is 2. The molecule has 3 aromatic rings. The average molecular weight is 508 g/mol. The van der Waals surface area contributed by atoms with Crippen molar-refractivity contribution >= 4 is 39.8 Å². The number of aromatic hydroxyl groups is 2. The van der Waals surface area contributed by atoms with Crippen LogP contribution in [0.1, 0.15) is 25.3 Å². The van der Waals surface area contributed by atoms with Crippen LogP contribution in [0.4, 0.5) is 10.8 Å². The number of thiazole rings is 1. The largest absolute Gasteiger partial charge is 0.504 e. The van der Waals surface area contributed by atoms with Gasteiger partial charge in [-0.25, -0.2) is 9.78 Å². The van der Waals surface area contributed by atoms with Crippen LogP contribution >= 0.6 is 11.3 Å². The number of ether oxygens (including phenoxy) is 2.